The number of nitrogens with zero attached hydrogens (tertiary/aromatic N) is 1. The first-order valence-electron chi connectivity index (χ1n) is 4.91. The van der Waals surface area contributed by atoms with Gasteiger partial charge in [0.15, 0.2) is 0 Å². The summed E-state index contributed by atoms with van der Waals surface area (Å²) >= 11 is 0. The first kappa shape index (κ1) is 11.5. The maximum Gasteiger partial charge on any atom is 0.241 e. The molecule has 1 heterocycles. The number of carbonyl (C=O) groups is 1. The van der Waals surface area contributed by atoms with Crippen molar-refractivity contribution in [2.45, 2.75) is 25.8 Å². The van der Waals surface area contributed by atoms with Crippen LogP contribution in [0.2, 0.25) is 0 Å². The van der Waals surface area contributed by atoms with Crippen molar-refractivity contribution in [1.82, 2.24) is 4.98 Å². The summed E-state index contributed by atoms with van der Waals surface area (Å²) in [5, 5.41) is 2.67. The zero-order valence-corrected chi connectivity index (χ0v) is 8.73. The minimum absolute atomic E-state index is 0.191. The Morgan fingerprint density at radius 1 is 1.60 bits per heavy atom. The van der Waals surface area contributed by atoms with Crippen LogP contribution in [-0.4, -0.2) is 16.9 Å². The highest BCUT2D eigenvalue weighted by Gasteiger charge is 2.11. The minimum atomic E-state index is -0.465. The third-order valence-corrected chi connectivity index (χ3v) is 1.99. The van der Waals surface area contributed by atoms with Crippen LogP contribution < -0.4 is 16.8 Å². The SMILES string of the molecule is CCCC(N)C(=O)Nc1ccc(N)nc1. The van der Waals surface area contributed by atoms with Crippen molar-refractivity contribution < 1.29 is 4.79 Å². The first-order valence-corrected chi connectivity index (χ1v) is 4.91. The van der Waals surface area contributed by atoms with Gasteiger partial charge < -0.3 is 16.8 Å². The van der Waals surface area contributed by atoms with Gasteiger partial charge in [-0.2, -0.15) is 0 Å². The van der Waals surface area contributed by atoms with Gasteiger partial charge in [-0.25, -0.2) is 4.98 Å². The Kier molecular flexibility index (Phi) is 4.05. The average Bonchev–Trinajstić information content (AvgIpc) is 2.22. The lowest BCUT2D eigenvalue weighted by Gasteiger charge is -2.10. The van der Waals surface area contributed by atoms with E-state index in [0.717, 1.165) is 6.42 Å². The molecule has 15 heavy (non-hydrogen) atoms. The standard InChI is InChI=1S/C10H16N4O/c1-2-3-8(11)10(15)14-7-4-5-9(12)13-6-7/h4-6,8H,2-3,11H2,1H3,(H2,12,13)(H,14,15). The number of nitrogens with two attached hydrogens (primary N) is 2. The number of carbonyl (C=O) groups excluding carboxylic acids is 1. The monoisotopic (exact) mass is 208 g/mol. The van der Waals surface area contributed by atoms with Crippen LogP contribution in [0.25, 0.3) is 0 Å². The first-order chi connectivity index (χ1) is 7.13. The number of aromatic nitrogens is 1. The quantitative estimate of drug-likeness (QED) is 0.679. The lowest BCUT2D eigenvalue weighted by Crippen LogP contribution is -2.35. The summed E-state index contributed by atoms with van der Waals surface area (Å²) in [7, 11) is 0. The average molecular weight is 208 g/mol. The summed E-state index contributed by atoms with van der Waals surface area (Å²) in [6.07, 6.45) is 3.06. The number of amides is 1. The van der Waals surface area contributed by atoms with Crippen molar-refractivity contribution >= 4 is 17.4 Å². The maximum absolute atomic E-state index is 11.5. The zero-order valence-electron chi connectivity index (χ0n) is 8.73. The fraction of sp³-hybridized carbons (Fsp3) is 0.400. The molecule has 0 aliphatic heterocycles. The van der Waals surface area contributed by atoms with Gasteiger partial charge in [0.1, 0.15) is 5.82 Å². The molecule has 0 aliphatic carbocycles. The Hall–Kier alpha value is -1.62. The van der Waals surface area contributed by atoms with Crippen LogP contribution in [0.4, 0.5) is 11.5 Å². The molecule has 1 rings (SSSR count). The minimum Gasteiger partial charge on any atom is -0.384 e. The highest BCUT2D eigenvalue weighted by Crippen LogP contribution is 2.07. The summed E-state index contributed by atoms with van der Waals surface area (Å²) in [4.78, 5) is 15.4. The van der Waals surface area contributed by atoms with Gasteiger partial charge in [0, 0.05) is 0 Å². The molecule has 0 fully saturated rings. The van der Waals surface area contributed by atoms with Crippen molar-refractivity contribution in [2.75, 3.05) is 11.1 Å². The lowest BCUT2D eigenvalue weighted by molar-refractivity contribution is -0.117. The van der Waals surface area contributed by atoms with E-state index in [2.05, 4.69) is 10.3 Å². The Bertz CT molecular complexity index is 323. The number of hydrogen-bond acceptors (Lipinski definition) is 4. The van der Waals surface area contributed by atoms with E-state index in [4.69, 9.17) is 11.5 Å². The molecule has 1 atom stereocenters. The van der Waals surface area contributed by atoms with E-state index in [0.29, 0.717) is 17.9 Å². The molecular weight excluding hydrogens is 192 g/mol. The third-order valence-electron chi connectivity index (χ3n) is 1.99. The van der Waals surface area contributed by atoms with Gasteiger partial charge in [0.05, 0.1) is 17.9 Å². The van der Waals surface area contributed by atoms with E-state index in [9.17, 15) is 4.79 Å². The molecule has 0 aliphatic rings. The fourth-order valence-corrected chi connectivity index (χ4v) is 1.16. The summed E-state index contributed by atoms with van der Waals surface area (Å²) < 4.78 is 0. The van der Waals surface area contributed by atoms with Gasteiger partial charge in [0.2, 0.25) is 5.91 Å². The smallest absolute Gasteiger partial charge is 0.241 e. The number of hydrogen-bond donors (Lipinski definition) is 3. The Labute approximate surface area is 88.9 Å². The third kappa shape index (κ3) is 3.55. The molecule has 1 amide bonds. The largest absolute Gasteiger partial charge is 0.384 e. The number of rotatable bonds is 4. The van der Waals surface area contributed by atoms with Crippen LogP contribution in [0.15, 0.2) is 18.3 Å². The van der Waals surface area contributed by atoms with Crippen LogP contribution in [0.1, 0.15) is 19.8 Å². The summed E-state index contributed by atoms with van der Waals surface area (Å²) in [6.45, 7) is 1.98. The van der Waals surface area contributed by atoms with Crippen molar-refractivity contribution in [2.24, 2.45) is 5.73 Å². The molecule has 5 N–H and O–H groups in total. The van der Waals surface area contributed by atoms with E-state index >= 15 is 0 Å². The molecule has 0 radical (unpaired) electrons. The summed E-state index contributed by atoms with van der Waals surface area (Å²) in [5.74, 6) is 0.231. The maximum atomic E-state index is 11.5. The van der Waals surface area contributed by atoms with E-state index < -0.39 is 6.04 Å². The van der Waals surface area contributed by atoms with Gasteiger partial charge in [0.25, 0.3) is 0 Å². The number of nitrogens with one attached hydrogen (secondary N) is 1. The summed E-state index contributed by atoms with van der Waals surface area (Å²) in [6, 6.07) is 2.85. The predicted octanol–water partition coefficient (Wildman–Crippen LogP) is 0.730. The van der Waals surface area contributed by atoms with Crippen LogP contribution in [-0.2, 0) is 4.79 Å². The second kappa shape index (κ2) is 5.31. The second-order valence-electron chi connectivity index (χ2n) is 3.36. The fourth-order valence-electron chi connectivity index (χ4n) is 1.16. The molecule has 0 aromatic carbocycles. The Morgan fingerprint density at radius 3 is 2.87 bits per heavy atom. The van der Waals surface area contributed by atoms with E-state index in [1.807, 2.05) is 6.92 Å². The molecule has 1 aromatic rings. The molecule has 82 valence electrons. The summed E-state index contributed by atoms with van der Waals surface area (Å²) in [5.41, 5.74) is 11.7. The van der Waals surface area contributed by atoms with Crippen LogP contribution in [0.3, 0.4) is 0 Å². The molecule has 0 saturated heterocycles. The van der Waals surface area contributed by atoms with Gasteiger partial charge in [-0.15, -0.1) is 0 Å². The number of nitrogen functional groups attached to an aromatic ring is 1. The van der Waals surface area contributed by atoms with E-state index in [-0.39, 0.29) is 5.91 Å². The molecule has 1 aromatic heterocycles. The van der Waals surface area contributed by atoms with Crippen molar-refractivity contribution in [3.63, 3.8) is 0 Å². The van der Waals surface area contributed by atoms with Gasteiger partial charge >= 0.3 is 0 Å². The van der Waals surface area contributed by atoms with Gasteiger partial charge in [-0.05, 0) is 18.6 Å². The predicted molar refractivity (Wildman–Crippen MR) is 60.2 cm³/mol. The zero-order chi connectivity index (χ0) is 11.3. The molecule has 5 nitrogen and oxygen atoms in total. The molecule has 0 spiro atoms. The Morgan fingerprint density at radius 2 is 2.33 bits per heavy atom. The van der Waals surface area contributed by atoms with Crippen molar-refractivity contribution in [3.8, 4) is 0 Å². The Balaban J connectivity index is 2.54. The number of anilines is 2. The lowest BCUT2D eigenvalue weighted by atomic mass is 10.1. The molecule has 0 bridgehead atoms. The van der Waals surface area contributed by atoms with Crippen LogP contribution in [0, 0.1) is 0 Å². The van der Waals surface area contributed by atoms with Crippen LogP contribution >= 0.6 is 0 Å². The number of pyridine rings is 1. The van der Waals surface area contributed by atoms with Crippen molar-refractivity contribution in [1.29, 1.82) is 0 Å². The molecular formula is C10H16N4O. The molecule has 0 saturated carbocycles. The van der Waals surface area contributed by atoms with Gasteiger partial charge in [-0.1, -0.05) is 13.3 Å². The highest BCUT2D eigenvalue weighted by atomic mass is 16.2. The van der Waals surface area contributed by atoms with E-state index in [1.165, 1.54) is 6.20 Å². The van der Waals surface area contributed by atoms with Gasteiger partial charge in [-0.3, -0.25) is 4.79 Å². The molecule has 1 unspecified atom stereocenters. The van der Waals surface area contributed by atoms with E-state index in [1.54, 1.807) is 12.1 Å². The topological polar surface area (TPSA) is 94.0 Å². The normalized spacial score (nSPS) is 12.1. The van der Waals surface area contributed by atoms with Crippen LogP contribution in [0.5, 0.6) is 0 Å². The second-order valence-corrected chi connectivity index (χ2v) is 3.36. The molecule has 5 heteroatoms. The highest BCUT2D eigenvalue weighted by molar-refractivity contribution is 5.94. The van der Waals surface area contributed by atoms with Crippen molar-refractivity contribution in [3.05, 3.63) is 18.3 Å².